The molecule has 0 aromatic heterocycles. The first-order chi connectivity index (χ1) is 29.1. The number of Topliss-reactive ketones (excluding diaryl/α,β-unsaturated/α-hetero) is 1. The second-order valence-electron chi connectivity index (χ2n) is 15.5. The van der Waals surface area contributed by atoms with Crippen molar-refractivity contribution < 1.29 is 49.2 Å². The number of amides is 2. The largest absolute Gasteiger partial charge is 0.481 e. The number of nitrogens with zero attached hydrogens (tertiary/aromatic N) is 4. The lowest BCUT2D eigenvalue weighted by atomic mass is 10.0. The number of unbranched alkanes of at least 4 members (excludes halogenated alkanes) is 4. The molecule has 1 aliphatic rings. The van der Waals surface area contributed by atoms with Gasteiger partial charge in [0.15, 0.2) is 5.11 Å². The summed E-state index contributed by atoms with van der Waals surface area (Å²) in [7, 11) is 0. The van der Waals surface area contributed by atoms with Gasteiger partial charge >= 0.3 is 29.9 Å². The second kappa shape index (κ2) is 29.8. The molecule has 8 N–H and O–H groups in total. The molecule has 1 saturated heterocycles. The van der Waals surface area contributed by atoms with Crippen molar-refractivity contribution in [2.75, 3.05) is 83.9 Å². The van der Waals surface area contributed by atoms with Gasteiger partial charge in [0, 0.05) is 83.3 Å². The highest BCUT2D eigenvalue weighted by molar-refractivity contribution is 7.80. The summed E-state index contributed by atoms with van der Waals surface area (Å²) in [6.07, 6.45) is 4.26. The molecule has 0 bridgehead atoms. The molecule has 3 atom stereocenters. The van der Waals surface area contributed by atoms with Gasteiger partial charge in [-0.05, 0) is 81.7 Å². The predicted octanol–water partition coefficient (Wildman–Crippen LogP) is 3.01. The lowest BCUT2D eigenvalue weighted by Crippen LogP contribution is -2.51. The molecule has 0 spiro atoms. The van der Waals surface area contributed by atoms with E-state index in [1.807, 2.05) is 12.1 Å². The van der Waals surface area contributed by atoms with Crippen LogP contribution in [-0.2, 0) is 30.4 Å². The summed E-state index contributed by atoms with van der Waals surface area (Å²) >= 11 is 5.54. The number of hydrogen-bond acceptors (Lipinski definition) is 11. The number of thiocarbonyl (C=S) groups is 1. The number of rotatable bonds is 26. The summed E-state index contributed by atoms with van der Waals surface area (Å²) in [5, 5.41) is 48.2. The Hall–Kier alpha value is -4.43. The average Bonchev–Trinajstić information content (AvgIpc) is 3.20. The van der Waals surface area contributed by atoms with Gasteiger partial charge in [0.2, 0.25) is 0 Å². The Balaban J connectivity index is 1.73. The Morgan fingerprint density at radius 3 is 1.80 bits per heavy atom. The number of carboxylic acid groups (broad SMARTS) is 4. The van der Waals surface area contributed by atoms with Gasteiger partial charge in [-0.25, -0.2) is 14.4 Å². The summed E-state index contributed by atoms with van der Waals surface area (Å²) in [5.74, 6) is -4.99. The van der Waals surface area contributed by atoms with Crippen LogP contribution in [0.1, 0.15) is 90.5 Å². The van der Waals surface area contributed by atoms with Crippen molar-refractivity contribution in [2.24, 2.45) is 0 Å². The van der Waals surface area contributed by atoms with E-state index >= 15 is 0 Å². The van der Waals surface area contributed by atoms with Gasteiger partial charge in [-0.2, -0.15) is 0 Å². The molecule has 344 valence electrons. The molecule has 1 fully saturated rings. The van der Waals surface area contributed by atoms with E-state index in [9.17, 15) is 44.1 Å². The van der Waals surface area contributed by atoms with Crippen molar-refractivity contribution >= 4 is 58.7 Å². The Morgan fingerprint density at radius 1 is 0.672 bits per heavy atom. The number of carboxylic acids is 4. The molecule has 1 aromatic rings. The summed E-state index contributed by atoms with van der Waals surface area (Å²) in [5.41, 5.74) is 2.12. The van der Waals surface area contributed by atoms with Crippen LogP contribution in [0.15, 0.2) is 24.3 Å². The minimum Gasteiger partial charge on any atom is -0.481 e. The molecule has 1 aliphatic heterocycles. The van der Waals surface area contributed by atoms with Crippen molar-refractivity contribution in [1.29, 1.82) is 0 Å². The molecule has 19 heteroatoms. The molecule has 2 rings (SSSR count). The molecule has 61 heavy (non-hydrogen) atoms. The van der Waals surface area contributed by atoms with E-state index in [0.717, 1.165) is 96.7 Å². The van der Waals surface area contributed by atoms with Crippen LogP contribution in [0.3, 0.4) is 0 Å². The van der Waals surface area contributed by atoms with Crippen LogP contribution in [0.4, 0.5) is 10.5 Å². The Bertz CT molecular complexity index is 1540. The van der Waals surface area contributed by atoms with Gasteiger partial charge in [0.25, 0.3) is 0 Å². The first-order valence-corrected chi connectivity index (χ1v) is 22.1. The smallest absolute Gasteiger partial charge is 0.326 e. The van der Waals surface area contributed by atoms with E-state index in [2.05, 4.69) is 73.8 Å². The fraction of sp³-hybridized carbons (Fsp3) is 0.690. The van der Waals surface area contributed by atoms with Crippen molar-refractivity contribution in [3.05, 3.63) is 29.8 Å². The van der Waals surface area contributed by atoms with E-state index in [1.54, 1.807) is 0 Å². The summed E-state index contributed by atoms with van der Waals surface area (Å²) < 4.78 is 0. The predicted molar refractivity (Wildman–Crippen MR) is 237 cm³/mol. The third-order valence-corrected chi connectivity index (χ3v) is 11.2. The summed E-state index contributed by atoms with van der Waals surface area (Å²) in [6.45, 7) is 16.1. The van der Waals surface area contributed by atoms with Crippen LogP contribution in [0.2, 0.25) is 0 Å². The molecule has 2 amide bonds. The lowest BCUT2D eigenvalue weighted by Gasteiger charge is -2.38. The molecule has 0 aliphatic carbocycles. The van der Waals surface area contributed by atoms with Crippen molar-refractivity contribution in [1.82, 2.24) is 35.6 Å². The fourth-order valence-electron chi connectivity index (χ4n) is 7.23. The molecule has 0 radical (unpaired) electrons. The maximum atomic E-state index is 12.4. The first kappa shape index (κ1) is 52.7. The monoisotopic (exact) mass is 878 g/mol. The lowest BCUT2D eigenvalue weighted by molar-refractivity contribution is -0.141. The SMILES string of the molecule is CCN1CCN(CC(=O)O)CCN(CC)[C@H](Cc2ccc(NC(=S)NCCCCCCCC(=O)CC[C@H](NC(=O)N[C@@H](CCC(=O)O)C(=O)O)C(=O)O)cc2)CN(CC)CC1. The van der Waals surface area contributed by atoms with Crippen LogP contribution in [-0.4, -0.2) is 177 Å². The molecular weight excluding hydrogens is 809 g/mol. The second-order valence-corrected chi connectivity index (χ2v) is 15.9. The molecule has 0 unspecified atom stereocenters. The van der Waals surface area contributed by atoms with Gasteiger partial charge in [0.05, 0.1) is 6.54 Å². The number of anilines is 1. The van der Waals surface area contributed by atoms with E-state index < -0.39 is 48.4 Å². The topological polar surface area (TPSA) is 244 Å². The van der Waals surface area contributed by atoms with Gasteiger partial charge in [-0.1, -0.05) is 52.2 Å². The molecule has 18 nitrogen and oxygen atoms in total. The summed E-state index contributed by atoms with van der Waals surface area (Å²) in [6, 6.07) is 4.65. The van der Waals surface area contributed by atoms with E-state index in [0.29, 0.717) is 24.6 Å². The van der Waals surface area contributed by atoms with E-state index in [1.165, 1.54) is 5.56 Å². The highest BCUT2D eigenvalue weighted by atomic mass is 32.1. The van der Waals surface area contributed by atoms with Gasteiger partial charge in [-0.3, -0.25) is 24.2 Å². The first-order valence-electron chi connectivity index (χ1n) is 21.7. The molecule has 0 saturated carbocycles. The fourth-order valence-corrected chi connectivity index (χ4v) is 7.45. The maximum Gasteiger partial charge on any atom is 0.326 e. The Morgan fingerprint density at radius 2 is 1.23 bits per heavy atom. The maximum absolute atomic E-state index is 12.4. The van der Waals surface area contributed by atoms with Crippen LogP contribution in [0, 0.1) is 0 Å². The van der Waals surface area contributed by atoms with Gasteiger partial charge < -0.3 is 51.5 Å². The number of nitrogens with one attached hydrogen (secondary N) is 4. The van der Waals surface area contributed by atoms with Crippen molar-refractivity contribution in [3.8, 4) is 0 Å². The average molecular weight is 879 g/mol. The minimum atomic E-state index is -1.50. The Labute approximate surface area is 365 Å². The van der Waals surface area contributed by atoms with Gasteiger partial charge in [0.1, 0.15) is 17.9 Å². The normalized spacial score (nSPS) is 17.2. The third-order valence-electron chi connectivity index (χ3n) is 11.0. The van der Waals surface area contributed by atoms with Crippen LogP contribution in [0.5, 0.6) is 0 Å². The quantitative estimate of drug-likeness (QED) is 0.0493. The molecule has 1 aromatic carbocycles. The number of carbonyl (C=O) groups is 6. The number of aliphatic carboxylic acids is 4. The van der Waals surface area contributed by atoms with Crippen molar-refractivity contribution in [3.63, 3.8) is 0 Å². The number of benzene rings is 1. The molecule has 1 heterocycles. The van der Waals surface area contributed by atoms with Crippen molar-refractivity contribution in [2.45, 2.75) is 110 Å². The zero-order valence-corrected chi connectivity index (χ0v) is 37.1. The number of likely N-dealkylation sites (N-methyl/N-ethyl adjacent to an activating group) is 3. The Kier molecular flexibility index (Phi) is 25.7. The minimum absolute atomic E-state index is 0.0490. The highest BCUT2D eigenvalue weighted by Gasteiger charge is 2.26. The number of ketones is 1. The van der Waals surface area contributed by atoms with Crippen LogP contribution >= 0.6 is 12.2 Å². The number of urea groups is 1. The van der Waals surface area contributed by atoms with Crippen LogP contribution in [0.25, 0.3) is 0 Å². The van der Waals surface area contributed by atoms with Gasteiger partial charge in [-0.15, -0.1) is 0 Å². The number of carbonyl (C=O) groups excluding carboxylic acids is 2. The zero-order valence-electron chi connectivity index (χ0n) is 36.2. The third kappa shape index (κ3) is 22.8. The molecular formula is C42H70N8O10S. The zero-order chi connectivity index (χ0) is 45.2. The summed E-state index contributed by atoms with van der Waals surface area (Å²) in [4.78, 5) is 79.3. The van der Waals surface area contributed by atoms with E-state index in [4.69, 9.17) is 17.3 Å². The van der Waals surface area contributed by atoms with E-state index in [-0.39, 0.29) is 44.1 Å². The highest BCUT2D eigenvalue weighted by Crippen LogP contribution is 2.16. The van der Waals surface area contributed by atoms with Crippen LogP contribution < -0.4 is 21.3 Å². The number of hydrogen-bond donors (Lipinski definition) is 8. The standard InChI is InChI=1S/C42H70N8O10S/c1-4-47-22-24-48(5-2)29-33(50(6-3)27-26-49(25-23-47)30-38(54)55)28-31-13-15-32(16-14-31)44-42(61)43-21-11-9-7-8-10-12-34(51)17-18-35(39(56)57)45-41(60)46-36(40(58)59)19-20-37(52)53/h13-16,33,35-36H,4-12,17-30H2,1-3H3,(H,52,53)(H,54,55)(H,56,57)(H,58,59)(H2,43,44,61)(H2,45,46,60)/t33-,35+,36+/m1/s1.